The average molecular weight is 268 g/mol. The van der Waals surface area contributed by atoms with Crippen LogP contribution >= 0.6 is 0 Å². The fourth-order valence-corrected chi connectivity index (χ4v) is 1.82. The molecule has 0 aliphatic heterocycles. The number of carbonyl (C=O) groups excluding carboxylic acids is 2. The molecule has 2 aromatic carbocycles. The van der Waals surface area contributed by atoms with Crippen molar-refractivity contribution in [3.8, 4) is 0 Å². The molecule has 2 amide bonds. The van der Waals surface area contributed by atoms with E-state index in [4.69, 9.17) is 0 Å². The molecule has 0 aromatic heterocycles. The Morgan fingerprint density at radius 3 is 2.30 bits per heavy atom. The van der Waals surface area contributed by atoms with E-state index in [0.717, 1.165) is 5.56 Å². The van der Waals surface area contributed by atoms with Crippen LogP contribution < -0.4 is 10.6 Å². The zero-order valence-corrected chi connectivity index (χ0v) is 11.4. The molecular weight excluding hydrogens is 252 g/mol. The lowest BCUT2D eigenvalue weighted by molar-refractivity contribution is -0.114. The van der Waals surface area contributed by atoms with Gasteiger partial charge in [0.1, 0.15) is 0 Å². The maximum absolute atomic E-state index is 12.0. The largest absolute Gasteiger partial charge is 0.326 e. The van der Waals surface area contributed by atoms with E-state index in [1.54, 1.807) is 18.2 Å². The van der Waals surface area contributed by atoms with Crippen LogP contribution in [0.4, 0.5) is 11.4 Å². The lowest BCUT2D eigenvalue weighted by atomic mass is 10.1. The first-order valence-corrected chi connectivity index (χ1v) is 6.31. The van der Waals surface area contributed by atoms with Gasteiger partial charge < -0.3 is 10.6 Å². The molecule has 0 atom stereocenters. The molecule has 0 fully saturated rings. The minimum absolute atomic E-state index is 0.139. The Bertz CT molecular complexity index is 636. The quantitative estimate of drug-likeness (QED) is 0.898. The Balaban J connectivity index is 2.18. The highest BCUT2D eigenvalue weighted by molar-refractivity contribution is 6.04. The molecule has 0 saturated heterocycles. The fraction of sp³-hybridized carbons (Fsp3) is 0.125. The molecule has 0 spiro atoms. The van der Waals surface area contributed by atoms with Crippen molar-refractivity contribution in [1.29, 1.82) is 0 Å². The number of benzene rings is 2. The van der Waals surface area contributed by atoms with E-state index < -0.39 is 0 Å². The summed E-state index contributed by atoms with van der Waals surface area (Å²) in [5.74, 6) is -0.317. The van der Waals surface area contributed by atoms with E-state index in [2.05, 4.69) is 10.6 Å². The number of amides is 2. The Morgan fingerprint density at radius 1 is 0.950 bits per heavy atom. The average Bonchev–Trinajstić information content (AvgIpc) is 2.43. The van der Waals surface area contributed by atoms with Gasteiger partial charge in [-0.1, -0.05) is 24.3 Å². The maximum Gasteiger partial charge on any atom is 0.255 e. The highest BCUT2D eigenvalue weighted by Gasteiger charge is 2.07. The van der Waals surface area contributed by atoms with Crippen molar-refractivity contribution in [2.75, 3.05) is 10.6 Å². The molecule has 2 N–H and O–H groups in total. The first-order chi connectivity index (χ1) is 9.56. The number of carbonyl (C=O) groups is 2. The Morgan fingerprint density at radius 2 is 1.65 bits per heavy atom. The topological polar surface area (TPSA) is 58.2 Å². The maximum atomic E-state index is 12.0. The number of hydrogen-bond acceptors (Lipinski definition) is 2. The minimum Gasteiger partial charge on any atom is -0.326 e. The van der Waals surface area contributed by atoms with Crippen LogP contribution in [0.5, 0.6) is 0 Å². The lowest BCUT2D eigenvalue weighted by Crippen LogP contribution is -2.13. The lowest BCUT2D eigenvalue weighted by Gasteiger charge is -2.10. The third-order valence-corrected chi connectivity index (χ3v) is 2.84. The van der Waals surface area contributed by atoms with Gasteiger partial charge in [0.2, 0.25) is 5.91 Å². The first kappa shape index (κ1) is 13.8. The van der Waals surface area contributed by atoms with Gasteiger partial charge in [0, 0.05) is 23.9 Å². The van der Waals surface area contributed by atoms with Crippen LogP contribution in [0, 0.1) is 6.92 Å². The summed E-state index contributed by atoms with van der Waals surface area (Å²) in [6, 6.07) is 14.4. The predicted octanol–water partition coefficient (Wildman–Crippen LogP) is 3.21. The summed E-state index contributed by atoms with van der Waals surface area (Å²) in [5.41, 5.74) is 2.88. The Kier molecular flexibility index (Phi) is 4.15. The van der Waals surface area contributed by atoms with Crippen LogP contribution in [0.1, 0.15) is 22.8 Å². The van der Waals surface area contributed by atoms with Crippen molar-refractivity contribution in [2.24, 2.45) is 0 Å². The second-order valence-electron chi connectivity index (χ2n) is 4.53. The second kappa shape index (κ2) is 6.02. The number of aryl methyl sites for hydroxylation is 1. The van der Waals surface area contributed by atoms with E-state index in [-0.39, 0.29) is 11.8 Å². The Labute approximate surface area is 117 Å². The Hall–Kier alpha value is -2.62. The van der Waals surface area contributed by atoms with Gasteiger partial charge in [-0.15, -0.1) is 0 Å². The first-order valence-electron chi connectivity index (χ1n) is 6.31. The summed E-state index contributed by atoms with van der Waals surface area (Å²) >= 11 is 0. The van der Waals surface area contributed by atoms with Gasteiger partial charge in [-0.05, 0) is 36.8 Å². The van der Waals surface area contributed by atoms with Crippen molar-refractivity contribution in [1.82, 2.24) is 0 Å². The zero-order chi connectivity index (χ0) is 14.5. The molecule has 102 valence electrons. The SMILES string of the molecule is CC(=O)Nc1cc(NC(=O)c2ccccc2)ccc1C. The molecule has 4 heteroatoms. The highest BCUT2D eigenvalue weighted by atomic mass is 16.2. The second-order valence-corrected chi connectivity index (χ2v) is 4.53. The number of hydrogen-bond donors (Lipinski definition) is 2. The fourth-order valence-electron chi connectivity index (χ4n) is 1.82. The van der Waals surface area contributed by atoms with Crippen LogP contribution in [-0.4, -0.2) is 11.8 Å². The van der Waals surface area contributed by atoms with Gasteiger partial charge in [-0.2, -0.15) is 0 Å². The highest BCUT2D eigenvalue weighted by Crippen LogP contribution is 2.20. The summed E-state index contributed by atoms with van der Waals surface area (Å²) in [6.45, 7) is 3.35. The molecule has 2 aromatic rings. The van der Waals surface area contributed by atoms with Gasteiger partial charge >= 0.3 is 0 Å². The molecular formula is C16H16N2O2. The monoisotopic (exact) mass is 268 g/mol. The van der Waals surface area contributed by atoms with Gasteiger partial charge in [0.05, 0.1) is 0 Å². The van der Waals surface area contributed by atoms with Crippen molar-refractivity contribution in [2.45, 2.75) is 13.8 Å². The summed E-state index contributed by atoms with van der Waals surface area (Å²) in [5, 5.41) is 5.55. The van der Waals surface area contributed by atoms with Crippen molar-refractivity contribution < 1.29 is 9.59 Å². The number of rotatable bonds is 3. The van der Waals surface area contributed by atoms with Crippen LogP contribution in [0.2, 0.25) is 0 Å². The van der Waals surface area contributed by atoms with Crippen molar-refractivity contribution in [3.05, 3.63) is 59.7 Å². The summed E-state index contributed by atoms with van der Waals surface area (Å²) in [4.78, 5) is 23.2. The standard InChI is InChI=1S/C16H16N2O2/c1-11-8-9-14(10-15(11)17-12(2)19)18-16(20)13-6-4-3-5-7-13/h3-10H,1-2H3,(H,17,19)(H,18,20). The van der Waals surface area contributed by atoms with Gasteiger partial charge in [-0.25, -0.2) is 0 Å². The molecule has 0 bridgehead atoms. The van der Waals surface area contributed by atoms with E-state index in [9.17, 15) is 9.59 Å². The van der Waals surface area contributed by atoms with Gasteiger partial charge in [0.25, 0.3) is 5.91 Å². The van der Waals surface area contributed by atoms with Gasteiger partial charge in [0.15, 0.2) is 0 Å². The molecule has 0 unspecified atom stereocenters. The minimum atomic E-state index is -0.178. The van der Waals surface area contributed by atoms with Crippen LogP contribution in [0.3, 0.4) is 0 Å². The normalized spacial score (nSPS) is 9.90. The van der Waals surface area contributed by atoms with E-state index >= 15 is 0 Å². The molecule has 0 aliphatic rings. The van der Waals surface area contributed by atoms with Crippen LogP contribution in [0.15, 0.2) is 48.5 Å². The van der Waals surface area contributed by atoms with E-state index in [1.165, 1.54) is 6.92 Å². The summed E-state index contributed by atoms with van der Waals surface area (Å²) < 4.78 is 0. The summed E-state index contributed by atoms with van der Waals surface area (Å²) in [7, 11) is 0. The predicted molar refractivity (Wildman–Crippen MR) is 79.9 cm³/mol. The van der Waals surface area contributed by atoms with E-state index in [1.807, 2.05) is 37.3 Å². The molecule has 0 radical (unpaired) electrons. The number of nitrogens with one attached hydrogen (secondary N) is 2. The van der Waals surface area contributed by atoms with Crippen LogP contribution in [0.25, 0.3) is 0 Å². The molecule has 0 saturated carbocycles. The molecule has 0 aliphatic carbocycles. The number of anilines is 2. The molecule has 2 rings (SSSR count). The molecule has 4 nitrogen and oxygen atoms in total. The van der Waals surface area contributed by atoms with Crippen molar-refractivity contribution >= 4 is 23.2 Å². The summed E-state index contributed by atoms with van der Waals surface area (Å²) in [6.07, 6.45) is 0. The third kappa shape index (κ3) is 3.45. The smallest absolute Gasteiger partial charge is 0.255 e. The van der Waals surface area contributed by atoms with Crippen molar-refractivity contribution in [3.63, 3.8) is 0 Å². The molecule has 0 heterocycles. The van der Waals surface area contributed by atoms with E-state index in [0.29, 0.717) is 16.9 Å². The zero-order valence-electron chi connectivity index (χ0n) is 11.4. The van der Waals surface area contributed by atoms with Crippen LogP contribution in [-0.2, 0) is 4.79 Å². The molecule has 20 heavy (non-hydrogen) atoms. The third-order valence-electron chi connectivity index (χ3n) is 2.84. The van der Waals surface area contributed by atoms with Gasteiger partial charge in [-0.3, -0.25) is 9.59 Å².